The summed E-state index contributed by atoms with van der Waals surface area (Å²) in [6.45, 7) is -2.71. The number of aliphatic hydroxyl groups excluding tert-OH is 1. The smallest absolute Gasteiger partial charge is 0.396 e. The number of rotatable bonds is 4. The molecule has 10 heteroatoms. The highest BCUT2D eigenvalue weighted by Crippen LogP contribution is 2.33. The zero-order valence-corrected chi connectivity index (χ0v) is 9.96. The number of anilines is 2. The van der Waals surface area contributed by atoms with Crippen molar-refractivity contribution in [2.45, 2.75) is 12.4 Å². The van der Waals surface area contributed by atoms with E-state index < -0.39 is 43.4 Å². The Morgan fingerprint density at radius 3 is 2.25 bits per heavy atom. The second-order valence-corrected chi connectivity index (χ2v) is 3.89. The summed E-state index contributed by atoms with van der Waals surface area (Å²) < 4.78 is 74.6. The maximum Gasteiger partial charge on any atom is 0.433 e. The number of aromatic nitrogens is 1. The van der Waals surface area contributed by atoms with Gasteiger partial charge in [0, 0.05) is 6.54 Å². The number of aliphatic hydroxyl groups is 1. The van der Waals surface area contributed by atoms with E-state index in [1.165, 1.54) is 0 Å². The van der Waals surface area contributed by atoms with Crippen molar-refractivity contribution in [3.63, 3.8) is 0 Å². The number of hydrogen-bond acceptors (Lipinski definition) is 4. The molecule has 0 aliphatic heterocycles. The van der Waals surface area contributed by atoms with E-state index in [0.717, 1.165) is 0 Å². The molecule has 3 N–H and O–H groups in total. The normalized spacial score (nSPS) is 12.6. The fourth-order valence-corrected chi connectivity index (χ4v) is 1.51. The van der Waals surface area contributed by atoms with Crippen LogP contribution in [0.5, 0.6) is 0 Å². The molecule has 0 fully saturated rings. The number of hydrogen-bond donors (Lipinski definition) is 2. The van der Waals surface area contributed by atoms with Gasteiger partial charge >= 0.3 is 12.4 Å². The lowest BCUT2D eigenvalue weighted by atomic mass is 10.2. The molecule has 0 spiro atoms. The quantitative estimate of drug-likeness (QED) is 0.836. The van der Waals surface area contributed by atoms with E-state index in [1.54, 1.807) is 0 Å². The number of nitrogens with two attached hydrogens (primary N) is 1. The number of pyridine rings is 1. The van der Waals surface area contributed by atoms with Crippen molar-refractivity contribution in [3.05, 3.63) is 18.0 Å². The summed E-state index contributed by atoms with van der Waals surface area (Å²) in [4.78, 5) is 3.55. The third kappa shape index (κ3) is 4.44. The third-order valence-electron chi connectivity index (χ3n) is 2.28. The van der Waals surface area contributed by atoms with Gasteiger partial charge in [-0.2, -0.15) is 26.3 Å². The van der Waals surface area contributed by atoms with E-state index in [9.17, 15) is 26.3 Å². The summed E-state index contributed by atoms with van der Waals surface area (Å²) in [5.41, 5.74) is 3.20. The molecule has 20 heavy (non-hydrogen) atoms. The lowest BCUT2D eigenvalue weighted by Gasteiger charge is -2.26. The molecule has 114 valence electrons. The number of nitrogen functional groups attached to an aromatic ring is 1. The van der Waals surface area contributed by atoms with Crippen LogP contribution in [0.1, 0.15) is 5.69 Å². The van der Waals surface area contributed by atoms with Crippen molar-refractivity contribution in [2.75, 3.05) is 30.3 Å². The van der Waals surface area contributed by atoms with Gasteiger partial charge in [-0.25, -0.2) is 4.98 Å². The van der Waals surface area contributed by atoms with Gasteiger partial charge in [0.15, 0.2) is 0 Å². The van der Waals surface area contributed by atoms with Gasteiger partial charge in [0.25, 0.3) is 0 Å². The molecule has 1 rings (SSSR count). The van der Waals surface area contributed by atoms with Gasteiger partial charge in [0.1, 0.15) is 12.2 Å². The lowest BCUT2D eigenvalue weighted by molar-refractivity contribution is -0.141. The first kappa shape index (κ1) is 16.3. The summed E-state index contributed by atoms with van der Waals surface area (Å²) in [5, 5.41) is 8.73. The summed E-state index contributed by atoms with van der Waals surface area (Å²) >= 11 is 0. The van der Waals surface area contributed by atoms with Crippen molar-refractivity contribution in [2.24, 2.45) is 0 Å². The van der Waals surface area contributed by atoms with Crippen molar-refractivity contribution in [1.82, 2.24) is 4.98 Å². The molecule has 4 nitrogen and oxygen atoms in total. The topological polar surface area (TPSA) is 62.4 Å². The molecule has 1 heterocycles. The minimum atomic E-state index is -4.80. The Morgan fingerprint density at radius 1 is 1.20 bits per heavy atom. The van der Waals surface area contributed by atoms with E-state index in [1.807, 2.05) is 0 Å². The fourth-order valence-electron chi connectivity index (χ4n) is 1.51. The average molecular weight is 303 g/mol. The second-order valence-electron chi connectivity index (χ2n) is 3.89. The average Bonchev–Trinajstić information content (AvgIpc) is 2.25. The number of alkyl halides is 6. The third-order valence-corrected chi connectivity index (χ3v) is 2.28. The van der Waals surface area contributed by atoms with Crippen LogP contribution in [0.25, 0.3) is 0 Å². The minimum Gasteiger partial charge on any atom is -0.396 e. The summed E-state index contributed by atoms with van der Waals surface area (Å²) in [6, 6.07) is 0.427. The molecule has 1 aromatic heterocycles. The van der Waals surface area contributed by atoms with Crippen LogP contribution in [0.2, 0.25) is 0 Å². The molecule has 0 radical (unpaired) electrons. The second kappa shape index (κ2) is 5.73. The Bertz CT molecular complexity index is 459. The molecular formula is C10H11F6N3O. The maximum atomic E-state index is 12.5. The van der Waals surface area contributed by atoms with Crippen molar-refractivity contribution >= 4 is 11.4 Å². The van der Waals surface area contributed by atoms with Gasteiger partial charge in [-0.3, -0.25) is 0 Å². The molecule has 0 saturated heterocycles. The monoisotopic (exact) mass is 303 g/mol. The van der Waals surface area contributed by atoms with Gasteiger partial charge in [-0.15, -0.1) is 0 Å². The largest absolute Gasteiger partial charge is 0.433 e. The summed E-state index contributed by atoms with van der Waals surface area (Å²) in [7, 11) is 0. The van der Waals surface area contributed by atoms with E-state index >= 15 is 0 Å². The summed E-state index contributed by atoms with van der Waals surface area (Å²) in [6.07, 6.45) is -8.81. The van der Waals surface area contributed by atoms with Crippen molar-refractivity contribution < 1.29 is 31.4 Å². The highest BCUT2D eigenvalue weighted by molar-refractivity contribution is 5.67. The Labute approximate surface area is 109 Å². The van der Waals surface area contributed by atoms with Crippen LogP contribution in [-0.2, 0) is 6.18 Å². The predicted octanol–water partition coefficient (Wildman–Crippen LogP) is 2.04. The predicted molar refractivity (Wildman–Crippen MR) is 59.0 cm³/mol. The molecule has 0 unspecified atom stereocenters. The van der Waals surface area contributed by atoms with Crippen LogP contribution in [0.4, 0.5) is 37.7 Å². The van der Waals surface area contributed by atoms with E-state index in [-0.39, 0.29) is 5.69 Å². The first-order valence-corrected chi connectivity index (χ1v) is 5.30. The first-order chi connectivity index (χ1) is 9.04. The molecule has 0 aromatic carbocycles. The summed E-state index contributed by atoms with van der Waals surface area (Å²) in [5.74, 6) is 0. The van der Waals surface area contributed by atoms with Gasteiger partial charge in [0.2, 0.25) is 0 Å². The van der Waals surface area contributed by atoms with Crippen LogP contribution >= 0.6 is 0 Å². The van der Waals surface area contributed by atoms with Crippen molar-refractivity contribution in [3.8, 4) is 0 Å². The van der Waals surface area contributed by atoms with E-state index in [4.69, 9.17) is 10.8 Å². The van der Waals surface area contributed by atoms with Gasteiger partial charge in [0.05, 0.1) is 24.2 Å². The van der Waals surface area contributed by atoms with Crippen LogP contribution in [0.15, 0.2) is 12.3 Å². The Hall–Kier alpha value is -1.71. The Kier molecular flexibility index (Phi) is 4.69. The molecule has 0 aliphatic carbocycles. The lowest BCUT2D eigenvalue weighted by Crippen LogP contribution is -2.37. The molecule has 0 bridgehead atoms. The molecule has 0 atom stereocenters. The molecule has 0 saturated carbocycles. The zero-order valence-electron chi connectivity index (χ0n) is 9.96. The maximum absolute atomic E-state index is 12.5. The van der Waals surface area contributed by atoms with Crippen LogP contribution < -0.4 is 10.6 Å². The molecule has 0 aliphatic rings. The van der Waals surface area contributed by atoms with Gasteiger partial charge in [-0.1, -0.05) is 0 Å². The number of nitrogens with zero attached hydrogens (tertiary/aromatic N) is 2. The first-order valence-electron chi connectivity index (χ1n) is 5.30. The van der Waals surface area contributed by atoms with Crippen LogP contribution in [0, 0.1) is 0 Å². The van der Waals surface area contributed by atoms with Crippen LogP contribution in [0.3, 0.4) is 0 Å². The molecular weight excluding hydrogens is 292 g/mol. The molecule has 0 amide bonds. The number of halogens is 6. The Morgan fingerprint density at radius 2 is 1.80 bits per heavy atom. The SMILES string of the molecule is Nc1cnc(C(F)(F)F)cc1N(CCO)CC(F)(F)F. The zero-order chi connectivity index (χ0) is 15.6. The van der Waals surface area contributed by atoms with E-state index in [0.29, 0.717) is 17.2 Å². The standard InChI is InChI=1S/C10H11F6N3O/c11-9(12,13)5-19(1-2-20)7-3-8(10(14,15)16)18-4-6(7)17/h3-4,20H,1-2,5,17H2. The van der Waals surface area contributed by atoms with Gasteiger partial charge in [-0.05, 0) is 6.07 Å². The fraction of sp³-hybridized carbons (Fsp3) is 0.500. The van der Waals surface area contributed by atoms with E-state index in [2.05, 4.69) is 4.98 Å². The minimum absolute atomic E-state index is 0.337. The van der Waals surface area contributed by atoms with Gasteiger partial charge < -0.3 is 15.7 Å². The van der Waals surface area contributed by atoms with Crippen LogP contribution in [-0.4, -0.2) is 36.0 Å². The Balaban J connectivity index is 3.18. The highest BCUT2D eigenvalue weighted by Gasteiger charge is 2.35. The molecule has 1 aromatic rings. The van der Waals surface area contributed by atoms with Crippen molar-refractivity contribution in [1.29, 1.82) is 0 Å². The highest BCUT2D eigenvalue weighted by atomic mass is 19.4.